The topological polar surface area (TPSA) is 48.9 Å². The average Bonchev–Trinajstić information content (AvgIpc) is 3.21. The molecule has 5 nitrogen and oxygen atoms in total. The van der Waals surface area contributed by atoms with E-state index in [0.717, 1.165) is 45.1 Å². The Morgan fingerprint density at radius 3 is 2.45 bits per heavy atom. The third-order valence-corrected chi connectivity index (χ3v) is 4.17. The van der Waals surface area contributed by atoms with Crippen LogP contribution in [0.15, 0.2) is 4.99 Å². The molecule has 0 amide bonds. The summed E-state index contributed by atoms with van der Waals surface area (Å²) >= 11 is 0. The highest BCUT2D eigenvalue weighted by Crippen LogP contribution is 2.26. The van der Waals surface area contributed by atoms with Crippen LogP contribution in [0.4, 0.5) is 0 Å². The summed E-state index contributed by atoms with van der Waals surface area (Å²) in [7, 11) is 4.31. The van der Waals surface area contributed by atoms with Crippen LogP contribution < -0.4 is 10.6 Å². The second kappa shape index (κ2) is 8.38. The van der Waals surface area contributed by atoms with Crippen LogP contribution in [0.3, 0.4) is 0 Å². The number of rotatable bonds is 5. The van der Waals surface area contributed by atoms with Gasteiger partial charge in [-0.1, -0.05) is 0 Å². The molecule has 0 aromatic carbocycles. The van der Waals surface area contributed by atoms with Crippen LogP contribution in [0, 0.1) is 0 Å². The molecule has 2 aliphatic rings. The quantitative estimate of drug-likeness (QED) is 0.420. The minimum absolute atomic E-state index is 0. The normalized spacial score (nSPS) is 22.3. The summed E-state index contributed by atoms with van der Waals surface area (Å²) in [5.74, 6) is 0.970. The third-order valence-electron chi connectivity index (χ3n) is 4.17. The fourth-order valence-electron chi connectivity index (χ4n) is 2.47. The molecule has 2 fully saturated rings. The zero-order chi connectivity index (χ0) is 13.7. The van der Waals surface area contributed by atoms with Crippen molar-refractivity contribution in [3.05, 3.63) is 0 Å². The molecule has 0 bridgehead atoms. The van der Waals surface area contributed by atoms with Gasteiger partial charge in [0.1, 0.15) is 0 Å². The molecule has 0 aromatic heterocycles. The van der Waals surface area contributed by atoms with Gasteiger partial charge >= 0.3 is 0 Å². The lowest BCUT2D eigenvalue weighted by molar-refractivity contribution is -0.00254. The number of aliphatic imine (C=N–C) groups is 1. The largest absolute Gasteiger partial charge is 0.381 e. The van der Waals surface area contributed by atoms with Crippen LogP contribution in [-0.2, 0) is 4.74 Å². The van der Waals surface area contributed by atoms with Crippen molar-refractivity contribution in [2.75, 3.05) is 40.4 Å². The van der Waals surface area contributed by atoms with Crippen LogP contribution in [0.5, 0.6) is 0 Å². The summed E-state index contributed by atoms with van der Waals surface area (Å²) in [5, 5.41) is 6.82. The Hall–Kier alpha value is -0.0800. The maximum absolute atomic E-state index is 5.50. The highest BCUT2D eigenvalue weighted by atomic mass is 127. The highest BCUT2D eigenvalue weighted by molar-refractivity contribution is 14.0. The molecule has 1 heterocycles. The van der Waals surface area contributed by atoms with Gasteiger partial charge in [0, 0.05) is 31.3 Å². The van der Waals surface area contributed by atoms with Crippen LogP contribution >= 0.6 is 24.0 Å². The van der Waals surface area contributed by atoms with Crippen molar-refractivity contribution >= 4 is 29.9 Å². The standard InChI is InChI=1S/C14H28N4O.HI/c1-4-15-13(17-12-5-6-12)16-11-14(18(2)3)7-9-19-10-8-14;/h12H,4-11H2,1-3H3,(H2,15,16,17);1H. The first-order valence-electron chi connectivity index (χ1n) is 7.46. The summed E-state index contributed by atoms with van der Waals surface area (Å²) in [5.41, 5.74) is 0.157. The van der Waals surface area contributed by atoms with Gasteiger partial charge in [-0.15, -0.1) is 24.0 Å². The minimum Gasteiger partial charge on any atom is -0.381 e. The molecule has 2 rings (SSSR count). The molecular formula is C14H29IN4O. The molecule has 1 saturated heterocycles. The van der Waals surface area contributed by atoms with Gasteiger partial charge in [-0.05, 0) is 46.7 Å². The van der Waals surface area contributed by atoms with E-state index >= 15 is 0 Å². The number of hydrogen-bond acceptors (Lipinski definition) is 3. The molecule has 0 atom stereocenters. The van der Waals surface area contributed by atoms with Crippen LogP contribution in [0.25, 0.3) is 0 Å². The summed E-state index contributed by atoms with van der Waals surface area (Å²) in [6, 6.07) is 0.641. The molecule has 0 aromatic rings. The van der Waals surface area contributed by atoms with Crippen molar-refractivity contribution in [3.8, 4) is 0 Å². The van der Waals surface area contributed by atoms with E-state index in [1.54, 1.807) is 0 Å². The van der Waals surface area contributed by atoms with Gasteiger partial charge in [0.2, 0.25) is 0 Å². The number of nitrogens with one attached hydrogen (secondary N) is 2. The van der Waals surface area contributed by atoms with Gasteiger partial charge < -0.3 is 20.3 Å². The Bertz CT molecular complexity index is 312. The SMILES string of the molecule is CCNC(=NCC1(N(C)C)CCOCC1)NC1CC1.I. The zero-order valence-corrected chi connectivity index (χ0v) is 15.3. The van der Waals surface area contributed by atoms with Crippen LogP contribution in [-0.4, -0.2) is 62.8 Å². The molecule has 118 valence electrons. The number of guanidine groups is 1. The lowest BCUT2D eigenvalue weighted by Crippen LogP contribution is -2.51. The fourth-order valence-corrected chi connectivity index (χ4v) is 2.47. The first-order chi connectivity index (χ1) is 9.16. The van der Waals surface area contributed by atoms with Gasteiger partial charge in [0.25, 0.3) is 0 Å². The number of nitrogens with zero attached hydrogens (tertiary/aromatic N) is 2. The Morgan fingerprint density at radius 2 is 1.95 bits per heavy atom. The Kier molecular flexibility index (Phi) is 7.53. The van der Waals surface area contributed by atoms with E-state index in [4.69, 9.17) is 9.73 Å². The Labute approximate surface area is 139 Å². The molecule has 0 unspecified atom stereocenters. The van der Waals surface area contributed by atoms with E-state index in [1.165, 1.54) is 12.8 Å². The van der Waals surface area contributed by atoms with Crippen LogP contribution in [0.1, 0.15) is 32.6 Å². The van der Waals surface area contributed by atoms with Gasteiger partial charge in [0.05, 0.1) is 6.54 Å². The first kappa shape index (κ1) is 18.0. The van der Waals surface area contributed by atoms with E-state index in [2.05, 4.69) is 36.6 Å². The predicted octanol–water partition coefficient (Wildman–Crippen LogP) is 1.43. The van der Waals surface area contributed by atoms with E-state index in [0.29, 0.717) is 6.04 Å². The van der Waals surface area contributed by atoms with Crippen molar-refractivity contribution in [1.29, 1.82) is 0 Å². The molecule has 1 aliphatic heterocycles. The van der Waals surface area contributed by atoms with Gasteiger partial charge in [-0.2, -0.15) is 0 Å². The molecule has 0 radical (unpaired) electrons. The van der Waals surface area contributed by atoms with Crippen molar-refractivity contribution in [2.24, 2.45) is 4.99 Å². The van der Waals surface area contributed by atoms with E-state index in [9.17, 15) is 0 Å². The van der Waals surface area contributed by atoms with E-state index in [-0.39, 0.29) is 29.5 Å². The monoisotopic (exact) mass is 396 g/mol. The highest BCUT2D eigenvalue weighted by Gasteiger charge is 2.34. The lowest BCUT2D eigenvalue weighted by atomic mass is 9.89. The Morgan fingerprint density at radius 1 is 1.30 bits per heavy atom. The predicted molar refractivity (Wildman–Crippen MR) is 94.0 cm³/mol. The molecular weight excluding hydrogens is 367 g/mol. The summed E-state index contributed by atoms with van der Waals surface area (Å²) in [4.78, 5) is 7.13. The molecule has 1 saturated carbocycles. The fraction of sp³-hybridized carbons (Fsp3) is 0.929. The van der Waals surface area contributed by atoms with Gasteiger partial charge in [-0.3, -0.25) is 4.99 Å². The summed E-state index contributed by atoms with van der Waals surface area (Å²) in [6.45, 7) is 5.56. The van der Waals surface area contributed by atoms with Crippen LogP contribution in [0.2, 0.25) is 0 Å². The summed E-state index contributed by atoms with van der Waals surface area (Å²) in [6.07, 6.45) is 4.67. The average molecular weight is 396 g/mol. The van der Waals surface area contributed by atoms with Crippen molar-refractivity contribution in [1.82, 2.24) is 15.5 Å². The molecule has 2 N–H and O–H groups in total. The Balaban J connectivity index is 0.00000200. The van der Waals surface area contributed by atoms with E-state index < -0.39 is 0 Å². The van der Waals surface area contributed by atoms with Gasteiger partial charge in [0.15, 0.2) is 5.96 Å². The lowest BCUT2D eigenvalue weighted by Gasteiger charge is -2.41. The number of halogens is 1. The van der Waals surface area contributed by atoms with Crippen molar-refractivity contribution < 1.29 is 4.74 Å². The second-order valence-corrected chi connectivity index (χ2v) is 5.84. The molecule has 6 heteroatoms. The maximum atomic E-state index is 5.50. The molecule has 20 heavy (non-hydrogen) atoms. The maximum Gasteiger partial charge on any atom is 0.191 e. The van der Waals surface area contributed by atoms with Gasteiger partial charge in [-0.25, -0.2) is 0 Å². The number of ether oxygens (including phenoxy) is 1. The minimum atomic E-state index is 0. The molecule has 1 aliphatic carbocycles. The second-order valence-electron chi connectivity index (χ2n) is 5.84. The number of hydrogen-bond donors (Lipinski definition) is 2. The number of likely N-dealkylation sites (N-methyl/N-ethyl adjacent to an activating group) is 1. The van der Waals surface area contributed by atoms with Crippen molar-refractivity contribution in [2.45, 2.75) is 44.2 Å². The smallest absolute Gasteiger partial charge is 0.191 e. The zero-order valence-electron chi connectivity index (χ0n) is 12.9. The van der Waals surface area contributed by atoms with Crippen molar-refractivity contribution in [3.63, 3.8) is 0 Å². The first-order valence-corrected chi connectivity index (χ1v) is 7.46. The molecule has 0 spiro atoms. The van der Waals surface area contributed by atoms with E-state index in [1.807, 2.05) is 0 Å². The third kappa shape index (κ3) is 5.04. The summed E-state index contributed by atoms with van der Waals surface area (Å²) < 4.78 is 5.50.